The lowest BCUT2D eigenvalue weighted by Crippen LogP contribution is -2.38. The van der Waals surface area contributed by atoms with Crippen LogP contribution in [0.1, 0.15) is 12.8 Å². The molecule has 1 unspecified atom stereocenters. The summed E-state index contributed by atoms with van der Waals surface area (Å²) in [5.74, 6) is -0.386. The lowest BCUT2D eigenvalue weighted by Gasteiger charge is -2.20. The Morgan fingerprint density at radius 3 is 3.05 bits per heavy atom. The number of hydrogen-bond acceptors (Lipinski definition) is 5. The zero-order chi connectivity index (χ0) is 14.5. The smallest absolute Gasteiger partial charge is 0.320 e. The number of non-ortho nitro benzene ring substituents is 1. The van der Waals surface area contributed by atoms with Gasteiger partial charge >= 0.3 is 5.97 Å². The molecule has 1 aromatic rings. The van der Waals surface area contributed by atoms with E-state index in [0.29, 0.717) is 25.3 Å². The quantitative estimate of drug-likeness (QED) is 0.627. The van der Waals surface area contributed by atoms with Crippen molar-refractivity contribution in [2.75, 3.05) is 19.7 Å². The van der Waals surface area contributed by atoms with Crippen LogP contribution in [-0.2, 0) is 4.79 Å². The third-order valence-corrected chi connectivity index (χ3v) is 3.32. The van der Waals surface area contributed by atoms with Gasteiger partial charge in [0.05, 0.1) is 11.0 Å². The van der Waals surface area contributed by atoms with Crippen molar-refractivity contribution in [2.45, 2.75) is 18.9 Å². The molecule has 1 aliphatic heterocycles. The highest BCUT2D eigenvalue weighted by Gasteiger charge is 2.29. The van der Waals surface area contributed by atoms with E-state index in [1.807, 2.05) is 4.90 Å². The van der Waals surface area contributed by atoms with Gasteiger partial charge in [0.1, 0.15) is 18.4 Å². The molecular formula is C13H16N2O5. The number of hydrogen-bond donors (Lipinski definition) is 1. The van der Waals surface area contributed by atoms with Crippen LogP contribution in [0.2, 0.25) is 0 Å². The molecule has 0 spiro atoms. The SMILES string of the molecule is O=C(O)C1CCCN1CCOc1cccc([N+](=O)[O-])c1. The van der Waals surface area contributed by atoms with Gasteiger partial charge in [-0.2, -0.15) is 0 Å². The maximum absolute atomic E-state index is 11.0. The van der Waals surface area contributed by atoms with Crippen molar-refractivity contribution >= 4 is 11.7 Å². The molecule has 1 aliphatic rings. The molecule has 1 heterocycles. The molecule has 1 saturated heterocycles. The van der Waals surface area contributed by atoms with Gasteiger partial charge in [0.15, 0.2) is 0 Å². The minimum atomic E-state index is -0.808. The highest BCUT2D eigenvalue weighted by molar-refractivity contribution is 5.73. The number of nitro groups is 1. The maximum atomic E-state index is 11.0. The van der Waals surface area contributed by atoms with Gasteiger partial charge < -0.3 is 9.84 Å². The first kappa shape index (κ1) is 14.3. The van der Waals surface area contributed by atoms with E-state index >= 15 is 0 Å². The van der Waals surface area contributed by atoms with Crippen molar-refractivity contribution in [3.05, 3.63) is 34.4 Å². The van der Waals surface area contributed by atoms with Crippen LogP contribution < -0.4 is 4.74 Å². The van der Waals surface area contributed by atoms with Gasteiger partial charge in [-0.25, -0.2) is 0 Å². The number of aliphatic carboxylic acids is 1. The molecule has 1 atom stereocenters. The molecule has 0 aromatic heterocycles. The van der Waals surface area contributed by atoms with Crippen LogP contribution in [0.4, 0.5) is 5.69 Å². The predicted molar refractivity (Wildman–Crippen MR) is 70.8 cm³/mol. The van der Waals surface area contributed by atoms with Crippen molar-refractivity contribution in [1.29, 1.82) is 0 Å². The van der Waals surface area contributed by atoms with Gasteiger partial charge in [0, 0.05) is 12.6 Å². The second kappa shape index (κ2) is 6.33. The maximum Gasteiger partial charge on any atom is 0.320 e. The molecular weight excluding hydrogens is 264 g/mol. The van der Waals surface area contributed by atoms with E-state index in [2.05, 4.69) is 0 Å². The Labute approximate surface area is 115 Å². The summed E-state index contributed by atoms with van der Waals surface area (Å²) >= 11 is 0. The fourth-order valence-corrected chi connectivity index (χ4v) is 2.34. The van der Waals surface area contributed by atoms with E-state index in [1.54, 1.807) is 12.1 Å². The Balaban J connectivity index is 1.85. The third-order valence-electron chi connectivity index (χ3n) is 3.32. The Morgan fingerprint density at radius 1 is 1.55 bits per heavy atom. The van der Waals surface area contributed by atoms with Crippen LogP contribution >= 0.6 is 0 Å². The van der Waals surface area contributed by atoms with Gasteiger partial charge in [-0.3, -0.25) is 19.8 Å². The first-order valence-electron chi connectivity index (χ1n) is 6.42. The Morgan fingerprint density at radius 2 is 2.35 bits per heavy atom. The minimum absolute atomic E-state index is 0.0212. The highest BCUT2D eigenvalue weighted by atomic mass is 16.6. The van der Waals surface area contributed by atoms with Crippen molar-refractivity contribution in [1.82, 2.24) is 4.90 Å². The Hall–Kier alpha value is -2.15. The van der Waals surface area contributed by atoms with Crippen LogP contribution in [0.5, 0.6) is 5.75 Å². The molecule has 7 nitrogen and oxygen atoms in total. The number of carboxylic acid groups (broad SMARTS) is 1. The number of likely N-dealkylation sites (tertiary alicyclic amines) is 1. The molecule has 0 bridgehead atoms. The first-order chi connectivity index (χ1) is 9.58. The minimum Gasteiger partial charge on any atom is -0.492 e. The van der Waals surface area contributed by atoms with E-state index in [-0.39, 0.29) is 5.69 Å². The van der Waals surface area contributed by atoms with Crippen molar-refractivity contribution < 1.29 is 19.6 Å². The number of carbonyl (C=O) groups is 1. The summed E-state index contributed by atoms with van der Waals surface area (Å²) in [6, 6.07) is 5.52. The lowest BCUT2D eigenvalue weighted by molar-refractivity contribution is -0.384. The monoisotopic (exact) mass is 280 g/mol. The summed E-state index contributed by atoms with van der Waals surface area (Å²) < 4.78 is 5.45. The molecule has 20 heavy (non-hydrogen) atoms. The zero-order valence-electron chi connectivity index (χ0n) is 10.9. The average molecular weight is 280 g/mol. The highest BCUT2D eigenvalue weighted by Crippen LogP contribution is 2.20. The number of carboxylic acids is 1. The van der Waals surface area contributed by atoms with Crippen LogP contribution in [0.3, 0.4) is 0 Å². The fraction of sp³-hybridized carbons (Fsp3) is 0.462. The Bertz CT molecular complexity index is 505. The summed E-state index contributed by atoms with van der Waals surface area (Å²) in [7, 11) is 0. The molecule has 0 radical (unpaired) electrons. The fourth-order valence-electron chi connectivity index (χ4n) is 2.34. The second-order valence-electron chi connectivity index (χ2n) is 4.64. The van der Waals surface area contributed by atoms with Gasteiger partial charge in [-0.15, -0.1) is 0 Å². The summed E-state index contributed by atoms with van der Waals surface area (Å²) in [6.45, 7) is 1.56. The first-order valence-corrected chi connectivity index (χ1v) is 6.42. The number of nitrogens with zero attached hydrogens (tertiary/aromatic N) is 2. The van der Waals surface area contributed by atoms with Crippen LogP contribution in [-0.4, -0.2) is 46.6 Å². The molecule has 7 heteroatoms. The number of nitro benzene ring substituents is 1. The topological polar surface area (TPSA) is 92.9 Å². The normalized spacial score (nSPS) is 18.9. The molecule has 2 rings (SSSR count). The summed E-state index contributed by atoms with van der Waals surface area (Å²) in [4.78, 5) is 23.0. The summed E-state index contributed by atoms with van der Waals surface area (Å²) in [5.41, 5.74) is -0.0212. The van der Waals surface area contributed by atoms with Crippen molar-refractivity contribution in [3.8, 4) is 5.75 Å². The van der Waals surface area contributed by atoms with E-state index in [4.69, 9.17) is 9.84 Å². The Kier molecular flexibility index (Phi) is 4.52. The van der Waals surface area contributed by atoms with Gasteiger partial charge in [-0.05, 0) is 25.5 Å². The van der Waals surface area contributed by atoms with E-state index in [0.717, 1.165) is 13.0 Å². The van der Waals surface area contributed by atoms with Gasteiger partial charge in [0.2, 0.25) is 0 Å². The standard InChI is InChI=1S/C13H16N2O5/c16-13(17)12-5-2-6-14(12)7-8-20-11-4-1-3-10(9-11)15(18)19/h1,3-4,9,12H,2,5-8H2,(H,16,17). The molecule has 0 aliphatic carbocycles. The van der Waals surface area contributed by atoms with E-state index in [9.17, 15) is 14.9 Å². The predicted octanol–water partition coefficient (Wildman–Crippen LogP) is 1.52. The van der Waals surface area contributed by atoms with Gasteiger partial charge in [-0.1, -0.05) is 6.07 Å². The van der Waals surface area contributed by atoms with Crippen LogP contribution in [0.25, 0.3) is 0 Å². The van der Waals surface area contributed by atoms with Crippen LogP contribution in [0.15, 0.2) is 24.3 Å². The van der Waals surface area contributed by atoms with Gasteiger partial charge in [0.25, 0.3) is 5.69 Å². The molecule has 0 amide bonds. The van der Waals surface area contributed by atoms with Crippen molar-refractivity contribution in [2.24, 2.45) is 0 Å². The molecule has 0 saturated carbocycles. The molecule has 1 aromatic carbocycles. The molecule has 108 valence electrons. The molecule has 1 fully saturated rings. The van der Waals surface area contributed by atoms with Crippen LogP contribution in [0, 0.1) is 10.1 Å². The summed E-state index contributed by atoms with van der Waals surface area (Å²) in [6.07, 6.45) is 1.53. The van der Waals surface area contributed by atoms with E-state index < -0.39 is 16.9 Å². The molecule has 1 N–H and O–H groups in total. The zero-order valence-corrected chi connectivity index (χ0v) is 10.9. The number of ether oxygens (including phenoxy) is 1. The van der Waals surface area contributed by atoms with E-state index in [1.165, 1.54) is 12.1 Å². The number of rotatable bonds is 6. The summed E-state index contributed by atoms with van der Waals surface area (Å²) in [5, 5.41) is 19.7. The lowest BCUT2D eigenvalue weighted by atomic mass is 10.2. The second-order valence-corrected chi connectivity index (χ2v) is 4.64. The van der Waals surface area contributed by atoms with Crippen molar-refractivity contribution in [3.63, 3.8) is 0 Å². The third kappa shape index (κ3) is 3.45. The largest absolute Gasteiger partial charge is 0.492 e. The average Bonchev–Trinajstić information content (AvgIpc) is 2.87. The number of benzene rings is 1.